The lowest BCUT2D eigenvalue weighted by Crippen LogP contribution is -2.49. The molecule has 1 aliphatic heterocycles. The number of hydrogen-bond acceptors (Lipinski definition) is 5. The summed E-state index contributed by atoms with van der Waals surface area (Å²) in [6.45, 7) is 5.27. The average molecular weight is 532 g/mol. The van der Waals surface area contributed by atoms with E-state index in [-0.39, 0.29) is 24.0 Å². The Hall–Kier alpha value is -1.42. The number of halogens is 1. The Kier molecular flexibility index (Phi) is 9.80. The second kappa shape index (κ2) is 11.8. The minimum atomic E-state index is -0.614. The molecule has 3 N–H and O–H groups in total. The summed E-state index contributed by atoms with van der Waals surface area (Å²) in [4.78, 5) is 7.05. The highest BCUT2D eigenvalue weighted by molar-refractivity contribution is 14.0. The van der Waals surface area contributed by atoms with Crippen LogP contribution in [0.15, 0.2) is 23.2 Å². The van der Waals surface area contributed by atoms with Gasteiger partial charge in [-0.25, -0.2) is 0 Å². The van der Waals surface area contributed by atoms with Crippen molar-refractivity contribution in [2.45, 2.75) is 57.1 Å². The lowest BCUT2D eigenvalue weighted by atomic mass is 10.0. The van der Waals surface area contributed by atoms with Gasteiger partial charge in [0.25, 0.3) is 0 Å². The zero-order valence-corrected chi connectivity index (χ0v) is 20.8. The van der Waals surface area contributed by atoms with Gasteiger partial charge in [-0.2, -0.15) is 0 Å². The third kappa shape index (κ3) is 6.80. The maximum atomic E-state index is 10.6. The van der Waals surface area contributed by atoms with Crippen LogP contribution in [-0.4, -0.2) is 63.1 Å². The molecular formula is C22H37IN4O3. The van der Waals surface area contributed by atoms with Gasteiger partial charge in [-0.1, -0.05) is 12.8 Å². The molecule has 1 heterocycles. The molecule has 1 aromatic rings. The van der Waals surface area contributed by atoms with Gasteiger partial charge in [-0.05, 0) is 32.6 Å². The summed E-state index contributed by atoms with van der Waals surface area (Å²) in [6, 6.07) is 6.39. The van der Waals surface area contributed by atoms with E-state index in [1.54, 1.807) is 14.2 Å². The predicted molar refractivity (Wildman–Crippen MR) is 133 cm³/mol. The molecule has 0 bridgehead atoms. The smallest absolute Gasteiger partial charge is 0.191 e. The minimum absolute atomic E-state index is 0. The maximum Gasteiger partial charge on any atom is 0.191 e. The number of hydrogen-bond donors (Lipinski definition) is 3. The van der Waals surface area contributed by atoms with E-state index in [4.69, 9.17) is 9.47 Å². The van der Waals surface area contributed by atoms with Crippen LogP contribution in [0, 0.1) is 0 Å². The van der Waals surface area contributed by atoms with Gasteiger partial charge < -0.3 is 30.1 Å². The number of aliphatic hydroxyl groups is 1. The van der Waals surface area contributed by atoms with Crippen LogP contribution in [0.25, 0.3) is 0 Å². The highest BCUT2D eigenvalue weighted by Crippen LogP contribution is 2.31. The molecule has 3 rings (SSSR count). The SMILES string of the molecule is CCNC(=NCC1(O)CCCC1)NC1CCN(c2cc(OC)cc(OC)c2)CC1.I. The fourth-order valence-electron chi connectivity index (χ4n) is 4.19. The van der Waals surface area contributed by atoms with Gasteiger partial charge in [0.1, 0.15) is 11.5 Å². The highest BCUT2D eigenvalue weighted by atomic mass is 127. The number of ether oxygens (including phenoxy) is 2. The summed E-state index contributed by atoms with van der Waals surface area (Å²) >= 11 is 0. The fourth-order valence-corrected chi connectivity index (χ4v) is 4.19. The van der Waals surface area contributed by atoms with Crippen LogP contribution in [0.1, 0.15) is 45.4 Å². The first-order valence-electron chi connectivity index (χ1n) is 10.8. The van der Waals surface area contributed by atoms with Gasteiger partial charge in [0, 0.05) is 49.6 Å². The van der Waals surface area contributed by atoms with E-state index < -0.39 is 5.60 Å². The third-order valence-corrected chi connectivity index (χ3v) is 5.95. The molecule has 0 aromatic heterocycles. The van der Waals surface area contributed by atoms with Crippen molar-refractivity contribution in [3.05, 3.63) is 18.2 Å². The number of nitrogens with one attached hydrogen (secondary N) is 2. The van der Waals surface area contributed by atoms with Gasteiger partial charge in [0.15, 0.2) is 5.96 Å². The maximum absolute atomic E-state index is 10.6. The van der Waals surface area contributed by atoms with E-state index in [1.165, 1.54) is 0 Å². The third-order valence-electron chi connectivity index (χ3n) is 5.95. The number of guanidine groups is 1. The van der Waals surface area contributed by atoms with E-state index in [2.05, 4.69) is 39.6 Å². The van der Waals surface area contributed by atoms with Crippen LogP contribution in [0.4, 0.5) is 5.69 Å². The van der Waals surface area contributed by atoms with E-state index in [0.717, 1.165) is 81.3 Å². The van der Waals surface area contributed by atoms with Crippen molar-refractivity contribution in [2.75, 3.05) is 45.3 Å². The Bertz CT molecular complexity index is 665. The van der Waals surface area contributed by atoms with Crippen LogP contribution < -0.4 is 25.0 Å². The normalized spacial score (nSPS) is 19.2. The molecule has 170 valence electrons. The van der Waals surface area contributed by atoms with Crippen molar-refractivity contribution in [2.24, 2.45) is 4.99 Å². The van der Waals surface area contributed by atoms with Crippen LogP contribution in [0.2, 0.25) is 0 Å². The van der Waals surface area contributed by atoms with Crippen molar-refractivity contribution in [1.82, 2.24) is 10.6 Å². The van der Waals surface area contributed by atoms with E-state index >= 15 is 0 Å². The molecule has 2 fully saturated rings. The Labute approximate surface area is 197 Å². The Morgan fingerprint density at radius 3 is 2.27 bits per heavy atom. The fraction of sp³-hybridized carbons (Fsp3) is 0.682. The van der Waals surface area contributed by atoms with Gasteiger partial charge in [0.2, 0.25) is 0 Å². The van der Waals surface area contributed by atoms with Gasteiger partial charge in [-0.3, -0.25) is 4.99 Å². The highest BCUT2D eigenvalue weighted by Gasteiger charge is 2.31. The molecular weight excluding hydrogens is 495 g/mol. The number of methoxy groups -OCH3 is 2. The molecule has 0 unspecified atom stereocenters. The standard InChI is InChI=1S/C22H36N4O3.HI/c1-4-23-21(24-16-22(27)9-5-6-10-22)25-17-7-11-26(12-8-17)18-13-19(28-2)15-20(14-18)29-3;/h13-15,17,27H,4-12,16H2,1-3H3,(H2,23,24,25);1H. The number of benzene rings is 1. The van der Waals surface area contributed by atoms with Gasteiger partial charge in [-0.15, -0.1) is 24.0 Å². The topological polar surface area (TPSA) is 78.4 Å². The van der Waals surface area contributed by atoms with Crippen molar-refractivity contribution in [3.8, 4) is 11.5 Å². The zero-order chi connectivity index (χ0) is 20.7. The quantitative estimate of drug-likeness (QED) is 0.285. The molecule has 2 aliphatic rings. The van der Waals surface area contributed by atoms with Crippen molar-refractivity contribution < 1.29 is 14.6 Å². The second-order valence-corrected chi connectivity index (χ2v) is 8.10. The van der Waals surface area contributed by atoms with Crippen LogP contribution in [0.3, 0.4) is 0 Å². The first-order valence-corrected chi connectivity index (χ1v) is 10.8. The molecule has 1 saturated carbocycles. The van der Waals surface area contributed by atoms with Gasteiger partial charge >= 0.3 is 0 Å². The van der Waals surface area contributed by atoms with E-state index in [9.17, 15) is 5.11 Å². The first kappa shape index (κ1) is 24.8. The number of rotatable bonds is 7. The van der Waals surface area contributed by atoms with Crippen molar-refractivity contribution in [3.63, 3.8) is 0 Å². The Morgan fingerprint density at radius 2 is 1.73 bits per heavy atom. The molecule has 0 spiro atoms. The summed E-state index contributed by atoms with van der Waals surface area (Å²) in [5, 5.41) is 17.5. The van der Waals surface area contributed by atoms with Gasteiger partial charge in [0.05, 0.1) is 26.4 Å². The largest absolute Gasteiger partial charge is 0.497 e. The summed E-state index contributed by atoms with van der Waals surface area (Å²) in [5.41, 5.74) is 0.514. The Morgan fingerprint density at radius 1 is 1.13 bits per heavy atom. The monoisotopic (exact) mass is 532 g/mol. The summed E-state index contributed by atoms with van der Waals surface area (Å²) in [6.07, 6.45) is 5.96. The van der Waals surface area contributed by atoms with Crippen LogP contribution >= 0.6 is 24.0 Å². The van der Waals surface area contributed by atoms with E-state index in [0.29, 0.717) is 12.6 Å². The molecule has 1 aromatic carbocycles. The average Bonchev–Trinajstić information content (AvgIpc) is 3.19. The lowest BCUT2D eigenvalue weighted by molar-refractivity contribution is 0.0574. The predicted octanol–water partition coefficient (Wildman–Crippen LogP) is 3.15. The molecule has 8 heteroatoms. The number of piperidine rings is 1. The van der Waals surface area contributed by atoms with E-state index in [1.807, 2.05) is 6.07 Å². The number of nitrogens with zero attached hydrogens (tertiary/aromatic N) is 2. The first-order chi connectivity index (χ1) is 14.0. The molecule has 0 amide bonds. The van der Waals surface area contributed by atoms with Crippen molar-refractivity contribution in [1.29, 1.82) is 0 Å². The summed E-state index contributed by atoms with van der Waals surface area (Å²) in [5.74, 6) is 2.44. The summed E-state index contributed by atoms with van der Waals surface area (Å²) in [7, 11) is 3.36. The minimum Gasteiger partial charge on any atom is -0.497 e. The Balaban J connectivity index is 0.00000320. The lowest BCUT2D eigenvalue weighted by Gasteiger charge is -2.35. The molecule has 1 aliphatic carbocycles. The zero-order valence-electron chi connectivity index (χ0n) is 18.4. The molecule has 30 heavy (non-hydrogen) atoms. The van der Waals surface area contributed by atoms with Crippen LogP contribution in [0.5, 0.6) is 11.5 Å². The molecule has 1 saturated heterocycles. The number of aliphatic imine (C=N–C) groups is 1. The molecule has 0 atom stereocenters. The molecule has 0 radical (unpaired) electrons. The van der Waals surface area contributed by atoms with Crippen molar-refractivity contribution >= 4 is 35.6 Å². The second-order valence-electron chi connectivity index (χ2n) is 8.10. The summed E-state index contributed by atoms with van der Waals surface area (Å²) < 4.78 is 10.8. The number of anilines is 1. The molecule has 7 nitrogen and oxygen atoms in total. The van der Waals surface area contributed by atoms with Crippen LogP contribution in [-0.2, 0) is 0 Å².